The molecule has 2 aromatic rings. The van der Waals surface area contributed by atoms with Crippen molar-refractivity contribution in [1.29, 1.82) is 0 Å². The molecular weight excluding hydrogens is 240 g/mol. The minimum atomic E-state index is -2.99. The number of nitrogens with zero attached hydrogens (tertiary/aromatic N) is 3. The summed E-state index contributed by atoms with van der Waals surface area (Å²) in [7, 11) is -2.99. The summed E-state index contributed by atoms with van der Waals surface area (Å²) < 4.78 is 66.3. The molecule has 0 atom stereocenters. The maximum atomic E-state index is 12.7. The van der Waals surface area contributed by atoms with Crippen molar-refractivity contribution in [2.24, 2.45) is 0 Å². The predicted octanol–water partition coefficient (Wildman–Crippen LogP) is 1.37. The Balaban J connectivity index is 2.47. The van der Waals surface area contributed by atoms with Crippen LogP contribution < -0.4 is 0 Å². The summed E-state index contributed by atoms with van der Waals surface area (Å²) in [4.78, 5) is 3.46. The van der Waals surface area contributed by atoms with E-state index in [-0.39, 0.29) is 10.7 Å². The maximum absolute atomic E-state index is 12.7. The standard InChI is InChI=1S/C8H9F2N3O2S/c1-15-3-5-12-13-4(2-14)6(7(9)10)11-8(13)16-5/h7,14H,2-3H2,1H3/i1D3,3D2. The Labute approximate surface area is 100 Å². The van der Waals surface area contributed by atoms with E-state index in [1.165, 1.54) is 0 Å². The van der Waals surface area contributed by atoms with E-state index in [1.54, 1.807) is 0 Å². The van der Waals surface area contributed by atoms with Gasteiger partial charge in [0, 0.05) is 7.04 Å². The molecule has 0 saturated carbocycles. The van der Waals surface area contributed by atoms with Crippen LogP contribution in [0, 0.1) is 0 Å². The largest absolute Gasteiger partial charge is 0.390 e. The molecule has 0 aromatic carbocycles. The van der Waals surface area contributed by atoms with Crippen LogP contribution in [0.15, 0.2) is 0 Å². The van der Waals surface area contributed by atoms with Gasteiger partial charge >= 0.3 is 0 Å². The van der Waals surface area contributed by atoms with Crippen molar-refractivity contribution in [2.45, 2.75) is 19.6 Å². The molecule has 1 N–H and O–H groups in total. The zero-order chi connectivity index (χ0) is 16.0. The van der Waals surface area contributed by atoms with Crippen molar-refractivity contribution >= 4 is 16.3 Å². The van der Waals surface area contributed by atoms with E-state index < -0.39 is 37.3 Å². The van der Waals surface area contributed by atoms with Crippen LogP contribution in [0.2, 0.25) is 0 Å². The van der Waals surface area contributed by atoms with Gasteiger partial charge in [-0.05, 0) is 0 Å². The monoisotopic (exact) mass is 254 g/mol. The Bertz CT molecular complexity index is 656. The lowest BCUT2D eigenvalue weighted by Crippen LogP contribution is -1.99. The van der Waals surface area contributed by atoms with Crippen molar-refractivity contribution in [3.05, 3.63) is 16.4 Å². The first-order valence-corrected chi connectivity index (χ1v) is 4.85. The Morgan fingerprint density at radius 2 is 2.56 bits per heavy atom. The van der Waals surface area contributed by atoms with Crippen LogP contribution in [-0.4, -0.2) is 26.7 Å². The minimum Gasteiger partial charge on any atom is -0.390 e. The molecule has 0 saturated heterocycles. The topological polar surface area (TPSA) is 59.7 Å². The van der Waals surface area contributed by atoms with Gasteiger partial charge in [0.1, 0.15) is 10.7 Å². The molecule has 16 heavy (non-hydrogen) atoms. The molecule has 2 rings (SSSR count). The fourth-order valence-electron chi connectivity index (χ4n) is 1.21. The summed E-state index contributed by atoms with van der Waals surface area (Å²) in [6.45, 7) is -3.51. The maximum Gasteiger partial charge on any atom is 0.282 e. The van der Waals surface area contributed by atoms with Crippen LogP contribution in [0.25, 0.3) is 4.96 Å². The van der Waals surface area contributed by atoms with Gasteiger partial charge in [0.05, 0.1) is 25.7 Å². The van der Waals surface area contributed by atoms with E-state index in [0.717, 1.165) is 4.52 Å². The molecule has 8 heteroatoms. The quantitative estimate of drug-likeness (QED) is 0.895. The molecule has 2 aromatic heterocycles. The van der Waals surface area contributed by atoms with Crippen LogP contribution in [0.4, 0.5) is 8.78 Å². The number of aliphatic hydroxyl groups is 1. The number of methoxy groups -OCH3 is 1. The van der Waals surface area contributed by atoms with Crippen molar-refractivity contribution in [3.8, 4) is 0 Å². The lowest BCUT2D eigenvalue weighted by molar-refractivity contribution is 0.142. The molecular formula is C8H9F2N3O2S. The fraction of sp³-hybridized carbons (Fsp3) is 0.500. The average molecular weight is 254 g/mol. The van der Waals surface area contributed by atoms with Gasteiger partial charge in [-0.1, -0.05) is 11.3 Å². The average Bonchev–Trinajstić information content (AvgIpc) is 2.81. The second kappa shape index (κ2) is 4.40. The van der Waals surface area contributed by atoms with Gasteiger partial charge in [0.25, 0.3) is 6.43 Å². The zero-order valence-electron chi connectivity index (χ0n) is 12.6. The SMILES string of the molecule is [2H]C([2H])([2H])OC([2H])([2H])c1nn2c(CO)c(C(F)F)nc2s1. The van der Waals surface area contributed by atoms with Crippen LogP contribution in [0.1, 0.15) is 29.7 Å². The number of rotatable bonds is 4. The summed E-state index contributed by atoms with van der Waals surface area (Å²) in [5.74, 6) is 0. The summed E-state index contributed by atoms with van der Waals surface area (Å²) in [6.07, 6.45) is -2.92. The van der Waals surface area contributed by atoms with E-state index >= 15 is 0 Å². The Hall–Kier alpha value is -1.12. The molecule has 2 heterocycles. The first-order valence-electron chi connectivity index (χ1n) is 6.53. The zero-order valence-corrected chi connectivity index (χ0v) is 8.46. The van der Waals surface area contributed by atoms with Crippen LogP contribution in [-0.2, 0) is 17.9 Å². The van der Waals surface area contributed by atoms with E-state index in [9.17, 15) is 8.78 Å². The van der Waals surface area contributed by atoms with Gasteiger partial charge in [-0.2, -0.15) is 5.10 Å². The lowest BCUT2D eigenvalue weighted by atomic mass is 10.3. The van der Waals surface area contributed by atoms with Gasteiger partial charge in [0.15, 0.2) is 0 Å². The second-order valence-corrected chi connectivity index (χ2v) is 3.66. The third kappa shape index (κ3) is 1.79. The van der Waals surface area contributed by atoms with Crippen LogP contribution in [0.5, 0.6) is 0 Å². The molecule has 0 spiro atoms. The minimum absolute atomic E-state index is 0.0950. The van der Waals surface area contributed by atoms with Gasteiger partial charge in [-0.3, -0.25) is 0 Å². The van der Waals surface area contributed by atoms with Crippen LogP contribution >= 0.6 is 11.3 Å². The molecule has 0 aliphatic carbocycles. The van der Waals surface area contributed by atoms with Crippen molar-refractivity contribution in [2.75, 3.05) is 7.04 Å². The van der Waals surface area contributed by atoms with E-state index in [4.69, 9.17) is 12.0 Å². The highest BCUT2D eigenvalue weighted by atomic mass is 32.1. The van der Waals surface area contributed by atoms with Gasteiger partial charge in [-0.15, -0.1) is 0 Å². The Kier molecular flexibility index (Phi) is 1.81. The molecule has 0 aliphatic rings. The number of imidazole rings is 1. The first kappa shape index (κ1) is 6.58. The summed E-state index contributed by atoms with van der Waals surface area (Å²) in [5, 5.41) is 12.4. The normalized spacial score (nSPS) is 18.1. The van der Waals surface area contributed by atoms with E-state index in [0.29, 0.717) is 11.3 Å². The number of aliphatic hydroxyl groups excluding tert-OH is 1. The lowest BCUT2D eigenvalue weighted by Gasteiger charge is -1.97. The number of ether oxygens (including phenoxy) is 1. The summed E-state index contributed by atoms with van der Waals surface area (Å²) in [6, 6.07) is 0. The summed E-state index contributed by atoms with van der Waals surface area (Å²) >= 11 is 0.559. The molecule has 5 nitrogen and oxygen atoms in total. The molecule has 88 valence electrons. The molecule has 0 radical (unpaired) electrons. The third-order valence-corrected chi connectivity index (χ3v) is 2.63. The van der Waals surface area contributed by atoms with E-state index in [2.05, 4.69) is 14.8 Å². The fourth-order valence-corrected chi connectivity index (χ4v) is 1.97. The highest BCUT2D eigenvalue weighted by Crippen LogP contribution is 2.26. The number of hydrogen-bond acceptors (Lipinski definition) is 5. The van der Waals surface area contributed by atoms with Crippen LogP contribution in [0.3, 0.4) is 0 Å². The highest BCUT2D eigenvalue weighted by Gasteiger charge is 2.22. The predicted molar refractivity (Wildman–Crippen MR) is 52.5 cm³/mol. The molecule has 0 bridgehead atoms. The van der Waals surface area contributed by atoms with Gasteiger partial charge < -0.3 is 9.84 Å². The van der Waals surface area contributed by atoms with Crippen molar-refractivity contribution in [3.63, 3.8) is 0 Å². The third-order valence-electron chi connectivity index (χ3n) is 1.82. The number of alkyl halides is 2. The molecule has 0 unspecified atom stereocenters. The molecule has 0 aliphatic heterocycles. The van der Waals surface area contributed by atoms with Gasteiger partial charge in [-0.25, -0.2) is 18.3 Å². The second-order valence-electron chi connectivity index (χ2n) is 2.71. The number of hydrogen-bond donors (Lipinski definition) is 1. The number of aromatic nitrogens is 3. The molecule has 0 amide bonds. The Morgan fingerprint density at radius 3 is 3.19 bits per heavy atom. The number of fused-ring (bicyclic) bond motifs is 1. The van der Waals surface area contributed by atoms with Crippen molar-refractivity contribution in [1.82, 2.24) is 14.6 Å². The summed E-state index contributed by atoms with van der Waals surface area (Å²) in [5.41, 5.74) is -0.938. The van der Waals surface area contributed by atoms with Gasteiger partial charge in [0.2, 0.25) is 4.96 Å². The highest BCUT2D eigenvalue weighted by molar-refractivity contribution is 7.16. The van der Waals surface area contributed by atoms with Crippen molar-refractivity contribution < 1.29 is 25.5 Å². The van der Waals surface area contributed by atoms with E-state index in [1.807, 2.05) is 0 Å². The molecule has 0 fully saturated rings. The smallest absolute Gasteiger partial charge is 0.282 e. The first-order chi connectivity index (χ1) is 9.55. The Morgan fingerprint density at radius 1 is 1.75 bits per heavy atom. The number of halogens is 2.